The highest BCUT2D eigenvalue weighted by molar-refractivity contribution is 5.79. The predicted octanol–water partition coefficient (Wildman–Crippen LogP) is 2.32. The van der Waals surface area contributed by atoms with Crippen molar-refractivity contribution in [1.82, 2.24) is 14.7 Å². The van der Waals surface area contributed by atoms with Crippen LogP contribution in [0.15, 0.2) is 18.3 Å². The van der Waals surface area contributed by atoms with Crippen LogP contribution in [-0.4, -0.2) is 33.7 Å². The first-order chi connectivity index (χ1) is 11.4. The summed E-state index contributed by atoms with van der Waals surface area (Å²) in [6, 6.07) is 1.60. The highest BCUT2D eigenvalue weighted by Crippen LogP contribution is 2.24. The van der Waals surface area contributed by atoms with Gasteiger partial charge in [0.2, 0.25) is 5.91 Å². The molecule has 0 saturated heterocycles. The lowest BCUT2D eigenvalue weighted by Gasteiger charge is -2.34. The maximum Gasteiger partial charge on any atom is 0.227 e. The Bertz CT molecular complexity index is 767. The fourth-order valence-corrected chi connectivity index (χ4v) is 2.93. The van der Waals surface area contributed by atoms with Crippen LogP contribution in [0.4, 0.5) is 18.9 Å². The number of halogens is 3. The first-order valence-corrected chi connectivity index (χ1v) is 7.56. The Hall–Kier alpha value is -2.51. The number of aromatic nitrogens is 2. The van der Waals surface area contributed by atoms with Gasteiger partial charge in [-0.05, 0) is 24.6 Å². The Morgan fingerprint density at radius 1 is 1.33 bits per heavy atom. The zero-order chi connectivity index (χ0) is 17.4. The van der Waals surface area contributed by atoms with Gasteiger partial charge in [-0.3, -0.25) is 9.48 Å². The van der Waals surface area contributed by atoms with E-state index in [0.29, 0.717) is 13.1 Å². The number of carbonyl (C=O) groups excluding carboxylic acids is 1. The minimum Gasteiger partial charge on any atom is -0.385 e. The molecule has 128 valence electrons. The van der Waals surface area contributed by atoms with E-state index in [4.69, 9.17) is 0 Å². The highest BCUT2D eigenvalue weighted by atomic mass is 19.2. The van der Waals surface area contributed by atoms with E-state index in [1.165, 1.54) is 0 Å². The smallest absolute Gasteiger partial charge is 0.227 e. The molecule has 0 saturated carbocycles. The summed E-state index contributed by atoms with van der Waals surface area (Å²) in [4.78, 5) is 14.2. The first kappa shape index (κ1) is 16.4. The van der Waals surface area contributed by atoms with Crippen molar-refractivity contribution in [2.24, 2.45) is 0 Å². The summed E-state index contributed by atoms with van der Waals surface area (Å²) in [6.07, 6.45) is 1.50. The Morgan fingerprint density at radius 3 is 2.62 bits per heavy atom. The van der Waals surface area contributed by atoms with E-state index in [9.17, 15) is 18.0 Å². The molecule has 1 aromatic carbocycles. The molecule has 2 heterocycles. The van der Waals surface area contributed by atoms with Crippen molar-refractivity contribution in [2.75, 3.05) is 12.4 Å². The Morgan fingerprint density at radius 2 is 2.00 bits per heavy atom. The lowest BCUT2D eigenvalue weighted by molar-refractivity contribution is -0.134. The van der Waals surface area contributed by atoms with E-state index in [1.54, 1.807) is 18.1 Å². The molecule has 0 spiro atoms. The third kappa shape index (κ3) is 2.83. The van der Waals surface area contributed by atoms with E-state index in [0.717, 1.165) is 23.5 Å². The largest absolute Gasteiger partial charge is 0.385 e. The van der Waals surface area contributed by atoms with Crippen molar-refractivity contribution in [2.45, 2.75) is 32.5 Å². The van der Waals surface area contributed by atoms with E-state index in [-0.39, 0.29) is 23.9 Å². The Balaban J connectivity index is 1.80. The quantitative estimate of drug-likeness (QED) is 0.874. The van der Waals surface area contributed by atoms with Crippen molar-refractivity contribution in [1.29, 1.82) is 0 Å². The minimum atomic E-state index is -1.53. The van der Waals surface area contributed by atoms with Gasteiger partial charge in [0.15, 0.2) is 17.5 Å². The number of anilines is 1. The number of fused-ring (bicyclic) bond motifs is 1. The van der Waals surface area contributed by atoms with E-state index < -0.39 is 17.5 Å². The van der Waals surface area contributed by atoms with Crippen LogP contribution in [0.2, 0.25) is 0 Å². The molecule has 0 bridgehead atoms. The van der Waals surface area contributed by atoms with Crippen LogP contribution in [0, 0.1) is 17.5 Å². The Kier molecular flexibility index (Phi) is 4.21. The molecule has 5 nitrogen and oxygen atoms in total. The number of nitrogens with zero attached hydrogens (tertiary/aromatic N) is 3. The number of hydrogen-bond donors (Lipinski definition) is 1. The summed E-state index contributed by atoms with van der Waals surface area (Å²) in [7, 11) is 1.77. The monoisotopic (exact) mass is 338 g/mol. The number of benzene rings is 1. The predicted molar refractivity (Wildman–Crippen MR) is 81.8 cm³/mol. The van der Waals surface area contributed by atoms with Crippen molar-refractivity contribution < 1.29 is 18.0 Å². The molecule has 1 aliphatic rings. The normalized spacial score (nSPS) is 16.9. The molecular weight excluding hydrogens is 321 g/mol. The molecule has 0 unspecified atom stereocenters. The maximum absolute atomic E-state index is 13.3. The summed E-state index contributed by atoms with van der Waals surface area (Å²) in [5.74, 6) is -4.39. The zero-order valence-electron chi connectivity index (χ0n) is 13.3. The number of nitrogens with one attached hydrogen (secondary N) is 1. The Labute approximate surface area is 137 Å². The summed E-state index contributed by atoms with van der Waals surface area (Å²) < 4.78 is 41.5. The average Bonchev–Trinajstić information content (AvgIpc) is 2.93. The average molecular weight is 338 g/mol. The fourth-order valence-electron chi connectivity index (χ4n) is 2.93. The van der Waals surface area contributed by atoms with E-state index >= 15 is 0 Å². The molecule has 1 atom stereocenters. The second-order valence-electron chi connectivity index (χ2n) is 5.86. The topological polar surface area (TPSA) is 50.2 Å². The van der Waals surface area contributed by atoms with Crippen LogP contribution in [-0.2, 0) is 24.3 Å². The highest BCUT2D eigenvalue weighted by Gasteiger charge is 2.29. The fraction of sp³-hybridized carbons (Fsp3) is 0.375. The minimum absolute atomic E-state index is 0.107. The number of carbonyl (C=O) groups is 1. The molecule has 1 aromatic heterocycles. The third-order valence-corrected chi connectivity index (χ3v) is 4.23. The van der Waals surface area contributed by atoms with Crippen molar-refractivity contribution >= 4 is 11.6 Å². The lowest BCUT2D eigenvalue weighted by atomic mass is 10.1. The van der Waals surface area contributed by atoms with Gasteiger partial charge < -0.3 is 10.2 Å². The van der Waals surface area contributed by atoms with Gasteiger partial charge in [0.25, 0.3) is 0 Å². The van der Waals surface area contributed by atoms with Gasteiger partial charge in [-0.25, -0.2) is 13.2 Å². The van der Waals surface area contributed by atoms with Crippen LogP contribution in [0.5, 0.6) is 0 Å². The number of hydrogen-bond acceptors (Lipinski definition) is 3. The number of rotatable bonds is 3. The summed E-state index contributed by atoms with van der Waals surface area (Å²) in [5.41, 5.74) is 1.82. The standard InChI is InChI=1S/C16H17F3N4O/c1-9-7-23-14(13(20-2)6-21-23)8-22(9)15(24)5-10-3-11(17)16(19)12(18)4-10/h3-4,6,9,20H,5,7-8H2,1-2H3/t9-/m0/s1. The third-order valence-electron chi connectivity index (χ3n) is 4.23. The van der Waals surface area contributed by atoms with Gasteiger partial charge in [0.05, 0.1) is 37.1 Å². The van der Waals surface area contributed by atoms with Crippen LogP contribution in [0.1, 0.15) is 18.2 Å². The summed E-state index contributed by atoms with van der Waals surface area (Å²) in [5, 5.41) is 7.28. The van der Waals surface area contributed by atoms with Gasteiger partial charge in [-0.1, -0.05) is 0 Å². The lowest BCUT2D eigenvalue weighted by Crippen LogP contribution is -2.45. The van der Waals surface area contributed by atoms with Gasteiger partial charge in [0, 0.05) is 13.1 Å². The molecule has 0 fully saturated rings. The second kappa shape index (κ2) is 6.18. The zero-order valence-corrected chi connectivity index (χ0v) is 13.3. The van der Waals surface area contributed by atoms with Crippen molar-refractivity contribution in [3.63, 3.8) is 0 Å². The van der Waals surface area contributed by atoms with Crippen LogP contribution < -0.4 is 5.32 Å². The molecule has 0 radical (unpaired) electrons. The van der Waals surface area contributed by atoms with E-state index in [1.807, 2.05) is 11.6 Å². The molecule has 1 aliphatic heterocycles. The SMILES string of the molecule is CNc1cnn2c1CN(C(=O)Cc1cc(F)c(F)c(F)c1)[C@@H](C)C2. The molecule has 3 rings (SSSR count). The van der Waals surface area contributed by atoms with Gasteiger partial charge in [-0.15, -0.1) is 0 Å². The van der Waals surface area contributed by atoms with Gasteiger partial charge in [-0.2, -0.15) is 5.10 Å². The van der Waals surface area contributed by atoms with Crippen LogP contribution in [0.25, 0.3) is 0 Å². The molecule has 0 aliphatic carbocycles. The molecular formula is C16H17F3N4O. The van der Waals surface area contributed by atoms with Crippen molar-refractivity contribution in [3.05, 3.63) is 47.0 Å². The van der Waals surface area contributed by atoms with Crippen LogP contribution in [0.3, 0.4) is 0 Å². The first-order valence-electron chi connectivity index (χ1n) is 7.56. The summed E-state index contributed by atoms with van der Waals surface area (Å²) >= 11 is 0. The maximum atomic E-state index is 13.3. The van der Waals surface area contributed by atoms with Crippen LogP contribution >= 0.6 is 0 Å². The number of amides is 1. The summed E-state index contributed by atoms with van der Waals surface area (Å²) in [6.45, 7) is 2.77. The molecule has 8 heteroatoms. The molecule has 24 heavy (non-hydrogen) atoms. The van der Waals surface area contributed by atoms with Gasteiger partial charge >= 0.3 is 0 Å². The molecule has 1 amide bonds. The van der Waals surface area contributed by atoms with Crippen molar-refractivity contribution in [3.8, 4) is 0 Å². The van der Waals surface area contributed by atoms with Gasteiger partial charge in [0.1, 0.15) is 0 Å². The molecule has 2 aromatic rings. The second-order valence-corrected chi connectivity index (χ2v) is 5.86. The van der Waals surface area contributed by atoms with E-state index in [2.05, 4.69) is 10.4 Å². The molecule has 1 N–H and O–H groups in total.